The minimum absolute atomic E-state index is 0.0529. The maximum absolute atomic E-state index is 14.4. The Labute approximate surface area is 213 Å². The Hall–Kier alpha value is -3.70. The van der Waals surface area contributed by atoms with Crippen LogP contribution < -0.4 is 10.4 Å². The third-order valence-corrected chi connectivity index (χ3v) is 7.69. The molecular weight excluding hydrogens is 471 g/mol. The fourth-order valence-corrected chi connectivity index (χ4v) is 5.97. The molecule has 37 heavy (non-hydrogen) atoms. The Morgan fingerprint density at radius 2 is 1.65 bits per heavy atom. The van der Waals surface area contributed by atoms with Crippen LogP contribution in [0.25, 0.3) is 22.8 Å². The van der Waals surface area contributed by atoms with Gasteiger partial charge in [0.05, 0.1) is 6.10 Å². The highest BCUT2D eigenvalue weighted by atomic mass is 19.4. The molecule has 6 rings (SSSR count). The number of alkyl halides is 3. The summed E-state index contributed by atoms with van der Waals surface area (Å²) in [5, 5.41) is 11.9. The molecule has 0 saturated carbocycles. The average Bonchev–Trinajstić information content (AvgIpc) is 2.92. The molecule has 0 bridgehead atoms. The molecule has 0 spiro atoms. The van der Waals surface area contributed by atoms with E-state index in [0.717, 1.165) is 33.5 Å². The lowest BCUT2D eigenvalue weighted by atomic mass is 9.76. The number of aromatic nitrogens is 1. The number of aliphatic hydroxyl groups excluding tert-OH is 1. The molecule has 5 heteroatoms. The Morgan fingerprint density at radius 1 is 0.865 bits per heavy atom. The maximum Gasteiger partial charge on any atom is 0.413 e. The molecular formula is C32H26F3NO. The van der Waals surface area contributed by atoms with Crippen molar-refractivity contribution in [2.45, 2.75) is 43.9 Å². The second kappa shape index (κ2) is 9.31. The smallest absolute Gasteiger partial charge is 0.388 e. The van der Waals surface area contributed by atoms with Gasteiger partial charge in [-0.15, -0.1) is 0 Å². The Bertz CT molecular complexity index is 1590. The van der Waals surface area contributed by atoms with Crippen molar-refractivity contribution in [2.75, 3.05) is 0 Å². The summed E-state index contributed by atoms with van der Waals surface area (Å²) in [5.74, 6) is -0.233. The molecule has 2 atom stereocenters. The number of halogens is 3. The lowest BCUT2D eigenvalue weighted by molar-refractivity contribution is -0.0733. The molecule has 2 unspecified atom stereocenters. The molecule has 4 aromatic rings. The number of nitrogens with zero attached hydrogens (tertiary/aromatic N) is 1. The van der Waals surface area contributed by atoms with E-state index in [1.807, 2.05) is 84.9 Å². The van der Waals surface area contributed by atoms with Gasteiger partial charge in [-0.25, -0.2) is 0 Å². The monoisotopic (exact) mass is 497 g/mol. The number of hydrogen-bond acceptors (Lipinski definition) is 2. The quantitative estimate of drug-likeness (QED) is 0.375. The van der Waals surface area contributed by atoms with E-state index in [-0.39, 0.29) is 12.3 Å². The van der Waals surface area contributed by atoms with Crippen LogP contribution in [0.4, 0.5) is 13.2 Å². The van der Waals surface area contributed by atoms with Crippen molar-refractivity contribution in [3.05, 3.63) is 123 Å². The van der Waals surface area contributed by atoms with E-state index in [1.165, 1.54) is 0 Å². The van der Waals surface area contributed by atoms with E-state index in [9.17, 15) is 18.3 Å². The van der Waals surface area contributed by atoms with Gasteiger partial charge in [-0.1, -0.05) is 78.9 Å². The number of rotatable bonds is 4. The lowest BCUT2D eigenvalue weighted by Gasteiger charge is -2.29. The first-order valence-corrected chi connectivity index (χ1v) is 12.6. The van der Waals surface area contributed by atoms with Crippen molar-refractivity contribution in [2.24, 2.45) is 0 Å². The summed E-state index contributed by atoms with van der Waals surface area (Å²) in [7, 11) is 0. The number of aliphatic hydroxyl groups is 1. The summed E-state index contributed by atoms with van der Waals surface area (Å²) < 4.78 is 43.1. The van der Waals surface area contributed by atoms with Crippen LogP contribution in [0, 0.1) is 0 Å². The molecule has 0 aliphatic heterocycles. The van der Waals surface area contributed by atoms with E-state index in [0.29, 0.717) is 35.3 Å². The molecule has 2 aliphatic rings. The van der Waals surface area contributed by atoms with E-state index >= 15 is 0 Å². The topological polar surface area (TPSA) is 33.1 Å². The van der Waals surface area contributed by atoms with Crippen LogP contribution in [-0.2, 0) is 12.8 Å². The van der Waals surface area contributed by atoms with Crippen molar-refractivity contribution in [3.63, 3.8) is 0 Å². The van der Waals surface area contributed by atoms with Gasteiger partial charge >= 0.3 is 6.18 Å². The van der Waals surface area contributed by atoms with Gasteiger partial charge < -0.3 is 5.11 Å². The summed E-state index contributed by atoms with van der Waals surface area (Å²) in [5.41, 5.74) is 5.62. The molecule has 3 aromatic carbocycles. The van der Waals surface area contributed by atoms with Gasteiger partial charge in [0.1, 0.15) is 0 Å². The van der Waals surface area contributed by atoms with E-state index < -0.39 is 17.9 Å². The summed E-state index contributed by atoms with van der Waals surface area (Å²) in [6.45, 7) is 0. The van der Waals surface area contributed by atoms with Gasteiger partial charge in [0.15, 0.2) is 0 Å². The predicted octanol–water partition coefficient (Wildman–Crippen LogP) is 6.00. The first-order chi connectivity index (χ1) is 17.9. The zero-order valence-corrected chi connectivity index (χ0v) is 20.2. The van der Waals surface area contributed by atoms with Crippen LogP contribution in [0.2, 0.25) is 0 Å². The van der Waals surface area contributed by atoms with Crippen LogP contribution in [0.15, 0.2) is 85.1 Å². The van der Waals surface area contributed by atoms with Gasteiger partial charge in [0, 0.05) is 29.8 Å². The van der Waals surface area contributed by atoms with Crippen LogP contribution in [0.5, 0.6) is 0 Å². The third-order valence-electron chi connectivity index (χ3n) is 7.69. The van der Waals surface area contributed by atoms with Crippen LogP contribution in [0.1, 0.15) is 52.8 Å². The van der Waals surface area contributed by atoms with Gasteiger partial charge in [0.25, 0.3) is 0 Å². The normalized spacial score (nSPS) is 17.3. The molecule has 1 heterocycles. The van der Waals surface area contributed by atoms with Crippen LogP contribution in [-0.4, -0.2) is 16.3 Å². The SMILES string of the molecule is OC(Cc1ncccc1C1CCC(C(F)(F)F)=c2c1ccc1c2=CCc2ccccc2-1)c1ccccc1. The summed E-state index contributed by atoms with van der Waals surface area (Å²) in [6, 6.07) is 24.9. The minimum Gasteiger partial charge on any atom is -0.388 e. The minimum atomic E-state index is -4.40. The number of pyridine rings is 1. The number of benzene rings is 3. The zero-order chi connectivity index (χ0) is 25.6. The van der Waals surface area contributed by atoms with Crippen molar-refractivity contribution in [1.29, 1.82) is 0 Å². The summed E-state index contributed by atoms with van der Waals surface area (Å²) in [4.78, 5) is 4.58. The molecule has 2 nitrogen and oxygen atoms in total. The van der Waals surface area contributed by atoms with Gasteiger partial charge in [-0.3, -0.25) is 4.98 Å². The molecule has 1 N–H and O–H groups in total. The summed E-state index contributed by atoms with van der Waals surface area (Å²) >= 11 is 0. The fourth-order valence-electron chi connectivity index (χ4n) is 5.97. The number of hydrogen-bond donors (Lipinski definition) is 1. The predicted molar refractivity (Wildman–Crippen MR) is 139 cm³/mol. The Kier molecular flexibility index (Phi) is 5.96. The molecule has 0 amide bonds. The van der Waals surface area contributed by atoms with Gasteiger partial charge in [-0.2, -0.15) is 13.2 Å². The standard InChI is InChI=1S/C32H26F3NO/c33-32(34,35)28-17-16-24(25-11-6-18-36-29(25)19-30(37)21-8-2-1-3-9-21)27-15-14-23-22-10-5-4-7-20(22)12-13-26(23)31(27)28/h1-11,13-15,18,24,30,37H,12,16-17,19H2. The fraction of sp³-hybridized carbons (Fsp3) is 0.219. The van der Waals surface area contributed by atoms with Gasteiger partial charge in [-0.05, 0) is 69.1 Å². The maximum atomic E-state index is 14.4. The summed E-state index contributed by atoms with van der Waals surface area (Å²) in [6.07, 6.45) is -0.313. The second-order valence-corrected chi connectivity index (χ2v) is 9.79. The van der Waals surface area contributed by atoms with Crippen molar-refractivity contribution < 1.29 is 18.3 Å². The van der Waals surface area contributed by atoms with E-state index in [1.54, 1.807) is 6.20 Å². The lowest BCUT2D eigenvalue weighted by Crippen LogP contribution is -2.41. The molecule has 0 saturated heterocycles. The van der Waals surface area contributed by atoms with Crippen molar-refractivity contribution >= 4 is 11.6 Å². The Morgan fingerprint density at radius 3 is 2.46 bits per heavy atom. The molecule has 2 aliphatic carbocycles. The average molecular weight is 498 g/mol. The molecule has 0 fully saturated rings. The van der Waals surface area contributed by atoms with E-state index in [2.05, 4.69) is 4.98 Å². The van der Waals surface area contributed by atoms with Crippen LogP contribution >= 0.6 is 0 Å². The molecule has 1 aromatic heterocycles. The van der Waals surface area contributed by atoms with Crippen LogP contribution in [0.3, 0.4) is 0 Å². The van der Waals surface area contributed by atoms with Crippen molar-refractivity contribution in [1.82, 2.24) is 4.98 Å². The Balaban J connectivity index is 1.51. The largest absolute Gasteiger partial charge is 0.413 e. The first kappa shape index (κ1) is 23.7. The first-order valence-electron chi connectivity index (χ1n) is 12.6. The van der Waals surface area contributed by atoms with Crippen molar-refractivity contribution in [3.8, 4) is 11.1 Å². The molecule has 0 radical (unpaired) electrons. The van der Waals surface area contributed by atoms with Gasteiger partial charge in [0.2, 0.25) is 0 Å². The highest BCUT2D eigenvalue weighted by Crippen LogP contribution is 2.40. The number of fused-ring (bicyclic) bond motifs is 5. The third kappa shape index (κ3) is 4.27. The zero-order valence-electron chi connectivity index (χ0n) is 20.2. The highest BCUT2D eigenvalue weighted by molar-refractivity contribution is 5.75. The highest BCUT2D eigenvalue weighted by Gasteiger charge is 2.39. The second-order valence-electron chi connectivity index (χ2n) is 9.79. The van der Waals surface area contributed by atoms with E-state index in [4.69, 9.17) is 0 Å². The molecule has 186 valence electrons.